The predicted molar refractivity (Wildman–Crippen MR) is 105 cm³/mol. The minimum Gasteiger partial charge on any atom is -0.362 e. The molecule has 2 aromatic rings. The first kappa shape index (κ1) is 18.9. The number of hydrazone groups is 1. The molecule has 0 spiro atoms. The van der Waals surface area contributed by atoms with E-state index in [1.807, 2.05) is 13.8 Å². The van der Waals surface area contributed by atoms with Crippen molar-refractivity contribution in [1.82, 2.24) is 10.7 Å². The molecule has 0 fully saturated rings. The van der Waals surface area contributed by atoms with Gasteiger partial charge in [-0.1, -0.05) is 35.9 Å². The topological polar surface area (TPSA) is 82.6 Å². The highest BCUT2D eigenvalue weighted by molar-refractivity contribution is 7.92. The first-order valence-corrected chi connectivity index (χ1v) is 9.57. The number of sulfonamides is 1. The zero-order valence-corrected chi connectivity index (χ0v) is 15.6. The van der Waals surface area contributed by atoms with Gasteiger partial charge in [0.25, 0.3) is 10.0 Å². The van der Waals surface area contributed by atoms with Gasteiger partial charge in [-0.15, -0.1) is 0 Å². The van der Waals surface area contributed by atoms with Gasteiger partial charge in [-0.25, -0.2) is 8.42 Å². The lowest BCUT2D eigenvalue weighted by Gasteiger charge is -2.11. The van der Waals surface area contributed by atoms with Crippen LogP contribution in [0.1, 0.15) is 18.1 Å². The lowest BCUT2D eigenvalue weighted by Crippen LogP contribution is -2.31. The molecule has 8 heteroatoms. The summed E-state index contributed by atoms with van der Waals surface area (Å²) < 4.78 is 27.7. The standard InChI is InChI=1S/C17H20N4O2S2/c1-3-18-17(24)20-19-12-14-6-4-5-7-16(14)21-25(22,23)15-10-8-13(2)9-11-15/h4-12,21H,3H2,1-2H3,(H2,18,20,24)/b19-12+. The fourth-order valence-electron chi connectivity index (χ4n) is 1.98. The Bertz CT molecular complexity index is 862. The summed E-state index contributed by atoms with van der Waals surface area (Å²) in [5.74, 6) is 0. The van der Waals surface area contributed by atoms with Gasteiger partial charge >= 0.3 is 0 Å². The third-order valence-corrected chi connectivity index (χ3v) is 4.86. The van der Waals surface area contributed by atoms with Gasteiger partial charge < -0.3 is 5.32 Å². The molecule has 0 unspecified atom stereocenters. The summed E-state index contributed by atoms with van der Waals surface area (Å²) in [6.45, 7) is 4.52. The second-order valence-electron chi connectivity index (χ2n) is 5.24. The van der Waals surface area contributed by atoms with E-state index in [-0.39, 0.29) is 4.90 Å². The van der Waals surface area contributed by atoms with Crippen LogP contribution in [0, 0.1) is 6.92 Å². The summed E-state index contributed by atoms with van der Waals surface area (Å²) in [5.41, 5.74) is 4.72. The Hall–Kier alpha value is -2.45. The summed E-state index contributed by atoms with van der Waals surface area (Å²) in [6, 6.07) is 13.6. The fourth-order valence-corrected chi connectivity index (χ4v) is 3.27. The lowest BCUT2D eigenvalue weighted by molar-refractivity contribution is 0.601. The Morgan fingerprint density at radius 2 is 1.84 bits per heavy atom. The van der Waals surface area contributed by atoms with Crippen LogP contribution < -0.4 is 15.5 Å². The number of benzene rings is 2. The van der Waals surface area contributed by atoms with Crippen LogP contribution in [-0.2, 0) is 10.0 Å². The molecule has 0 radical (unpaired) electrons. The van der Waals surface area contributed by atoms with Crippen molar-refractivity contribution in [2.24, 2.45) is 5.10 Å². The van der Waals surface area contributed by atoms with E-state index in [9.17, 15) is 8.42 Å². The number of thiocarbonyl (C=S) groups is 1. The molecule has 0 aliphatic heterocycles. The molecular formula is C17H20N4O2S2. The van der Waals surface area contributed by atoms with Crippen LogP contribution in [0.5, 0.6) is 0 Å². The van der Waals surface area contributed by atoms with E-state index in [1.54, 1.807) is 48.5 Å². The first-order chi connectivity index (χ1) is 11.9. The summed E-state index contributed by atoms with van der Waals surface area (Å²) in [4.78, 5) is 0.205. The van der Waals surface area contributed by atoms with Crippen LogP contribution in [0.4, 0.5) is 5.69 Å². The molecule has 2 rings (SSSR count). The van der Waals surface area contributed by atoms with E-state index >= 15 is 0 Å². The van der Waals surface area contributed by atoms with E-state index in [0.29, 0.717) is 22.9 Å². The van der Waals surface area contributed by atoms with Crippen LogP contribution in [0.3, 0.4) is 0 Å². The quantitative estimate of drug-likeness (QED) is 0.410. The molecule has 0 aliphatic carbocycles. The minimum absolute atomic E-state index is 0.205. The van der Waals surface area contributed by atoms with Crippen LogP contribution in [0.2, 0.25) is 0 Å². The Balaban J connectivity index is 2.18. The fraction of sp³-hybridized carbons (Fsp3) is 0.176. The van der Waals surface area contributed by atoms with Gasteiger partial charge in [0.15, 0.2) is 5.11 Å². The number of nitrogens with one attached hydrogen (secondary N) is 3. The van der Waals surface area contributed by atoms with Crippen molar-refractivity contribution in [2.75, 3.05) is 11.3 Å². The number of aryl methyl sites for hydroxylation is 1. The highest BCUT2D eigenvalue weighted by atomic mass is 32.2. The van der Waals surface area contributed by atoms with Crippen molar-refractivity contribution >= 4 is 39.3 Å². The van der Waals surface area contributed by atoms with Gasteiger partial charge in [0.05, 0.1) is 16.8 Å². The average Bonchev–Trinajstić information content (AvgIpc) is 2.57. The second-order valence-corrected chi connectivity index (χ2v) is 7.33. The minimum atomic E-state index is -3.67. The van der Waals surface area contributed by atoms with E-state index in [4.69, 9.17) is 12.2 Å². The number of anilines is 1. The van der Waals surface area contributed by atoms with Gasteiger partial charge in [-0.2, -0.15) is 5.10 Å². The predicted octanol–water partition coefficient (Wildman–Crippen LogP) is 2.61. The third-order valence-electron chi connectivity index (χ3n) is 3.24. The van der Waals surface area contributed by atoms with Gasteiger partial charge in [-0.3, -0.25) is 10.1 Å². The second kappa shape index (κ2) is 8.59. The maximum Gasteiger partial charge on any atom is 0.261 e. The Labute approximate surface area is 153 Å². The highest BCUT2D eigenvalue weighted by Crippen LogP contribution is 2.19. The van der Waals surface area contributed by atoms with Gasteiger partial charge in [0.1, 0.15) is 0 Å². The molecular weight excluding hydrogens is 356 g/mol. The molecule has 0 saturated heterocycles. The molecule has 2 aromatic carbocycles. The molecule has 132 valence electrons. The SMILES string of the molecule is CCNC(=S)N/N=C/c1ccccc1NS(=O)(=O)c1ccc(C)cc1. The lowest BCUT2D eigenvalue weighted by atomic mass is 10.2. The molecule has 0 amide bonds. The summed E-state index contributed by atoms with van der Waals surface area (Å²) in [6.07, 6.45) is 1.51. The number of hydrogen-bond donors (Lipinski definition) is 3. The first-order valence-electron chi connectivity index (χ1n) is 7.68. The smallest absolute Gasteiger partial charge is 0.261 e. The molecule has 0 heterocycles. The van der Waals surface area contributed by atoms with Gasteiger partial charge in [0.2, 0.25) is 0 Å². The normalized spacial score (nSPS) is 11.3. The van der Waals surface area contributed by atoms with Crippen LogP contribution in [-0.4, -0.2) is 26.3 Å². The number of nitrogens with zero attached hydrogens (tertiary/aromatic N) is 1. The maximum atomic E-state index is 12.5. The molecule has 6 nitrogen and oxygen atoms in total. The Morgan fingerprint density at radius 1 is 1.16 bits per heavy atom. The number of hydrogen-bond acceptors (Lipinski definition) is 4. The summed E-state index contributed by atoms with van der Waals surface area (Å²) in [5, 5.41) is 7.33. The molecule has 25 heavy (non-hydrogen) atoms. The van der Waals surface area contributed by atoms with Crippen molar-refractivity contribution in [3.63, 3.8) is 0 Å². The van der Waals surface area contributed by atoms with Gasteiger partial charge in [-0.05, 0) is 44.3 Å². The van der Waals surface area contributed by atoms with Gasteiger partial charge in [0, 0.05) is 12.1 Å². The van der Waals surface area contributed by atoms with E-state index in [0.717, 1.165) is 5.56 Å². The molecule has 0 aliphatic rings. The van der Waals surface area contributed by atoms with Crippen molar-refractivity contribution in [2.45, 2.75) is 18.7 Å². The van der Waals surface area contributed by atoms with Crippen molar-refractivity contribution in [3.05, 3.63) is 59.7 Å². The van der Waals surface area contributed by atoms with E-state index < -0.39 is 10.0 Å². The maximum absolute atomic E-state index is 12.5. The van der Waals surface area contributed by atoms with Crippen molar-refractivity contribution in [3.8, 4) is 0 Å². The van der Waals surface area contributed by atoms with Crippen molar-refractivity contribution < 1.29 is 8.42 Å². The zero-order chi connectivity index (χ0) is 18.3. The van der Waals surface area contributed by atoms with Crippen LogP contribution in [0.25, 0.3) is 0 Å². The Kier molecular flexibility index (Phi) is 6.49. The zero-order valence-electron chi connectivity index (χ0n) is 14.0. The highest BCUT2D eigenvalue weighted by Gasteiger charge is 2.15. The number of para-hydroxylation sites is 1. The molecule has 0 saturated carbocycles. The summed E-state index contributed by atoms with van der Waals surface area (Å²) in [7, 11) is -3.67. The van der Waals surface area contributed by atoms with Crippen molar-refractivity contribution in [1.29, 1.82) is 0 Å². The molecule has 3 N–H and O–H groups in total. The third kappa shape index (κ3) is 5.54. The number of rotatable bonds is 6. The monoisotopic (exact) mass is 376 g/mol. The largest absolute Gasteiger partial charge is 0.362 e. The Morgan fingerprint density at radius 3 is 2.52 bits per heavy atom. The molecule has 0 bridgehead atoms. The van der Waals surface area contributed by atoms with Crippen LogP contribution >= 0.6 is 12.2 Å². The molecule has 0 aromatic heterocycles. The van der Waals surface area contributed by atoms with E-state index in [1.165, 1.54) is 6.21 Å². The van der Waals surface area contributed by atoms with E-state index in [2.05, 4.69) is 20.6 Å². The average molecular weight is 377 g/mol. The van der Waals surface area contributed by atoms with Crippen LogP contribution in [0.15, 0.2) is 58.5 Å². The summed E-state index contributed by atoms with van der Waals surface area (Å²) >= 11 is 5.02. The molecule has 0 atom stereocenters.